The molecule has 6 nitrogen and oxygen atoms in total. The molecule has 0 spiro atoms. The zero-order valence-electron chi connectivity index (χ0n) is 18.7. The molecule has 1 fully saturated rings. The Hall–Kier alpha value is -2.94. The van der Waals surface area contributed by atoms with Crippen molar-refractivity contribution in [3.8, 4) is 5.75 Å². The number of nitrogens with one attached hydrogen (secondary N) is 1. The third kappa shape index (κ3) is 5.50. The average molecular weight is 619 g/mol. The van der Waals surface area contributed by atoms with Gasteiger partial charge < -0.3 is 4.74 Å². The molecule has 1 N–H and O–H groups in total. The molecule has 0 radical (unpaired) electrons. The monoisotopic (exact) mass is 616 g/mol. The summed E-state index contributed by atoms with van der Waals surface area (Å²) in [6.07, 6.45) is 1.42. The van der Waals surface area contributed by atoms with Gasteiger partial charge in [0.2, 0.25) is 0 Å². The van der Waals surface area contributed by atoms with Gasteiger partial charge in [0.25, 0.3) is 11.8 Å². The summed E-state index contributed by atoms with van der Waals surface area (Å²) >= 11 is 13.2. The van der Waals surface area contributed by atoms with Gasteiger partial charge in [-0.2, -0.15) is 0 Å². The van der Waals surface area contributed by atoms with Crippen molar-refractivity contribution in [1.82, 2.24) is 5.32 Å². The van der Waals surface area contributed by atoms with Gasteiger partial charge in [0, 0.05) is 5.02 Å². The van der Waals surface area contributed by atoms with Crippen molar-refractivity contribution in [2.75, 3.05) is 4.90 Å². The minimum absolute atomic E-state index is 0.187. The molecule has 1 aliphatic rings. The normalized spacial score (nSPS) is 14.9. The van der Waals surface area contributed by atoms with Gasteiger partial charge in [-0.1, -0.05) is 47.5 Å². The molecular formula is C26H19Br2ClN2O4. The van der Waals surface area contributed by atoms with E-state index in [0.29, 0.717) is 31.9 Å². The van der Waals surface area contributed by atoms with Crippen molar-refractivity contribution in [2.24, 2.45) is 0 Å². The number of nitrogens with zero attached hydrogens (tertiary/aromatic N) is 1. The predicted octanol–water partition coefficient (Wildman–Crippen LogP) is 6.73. The number of ether oxygens (including phenoxy) is 1. The number of amides is 4. The van der Waals surface area contributed by atoms with Gasteiger partial charge >= 0.3 is 6.03 Å². The number of rotatable bonds is 5. The molecule has 0 atom stereocenters. The second-order valence-electron chi connectivity index (χ2n) is 7.98. The van der Waals surface area contributed by atoms with Crippen molar-refractivity contribution in [1.29, 1.82) is 0 Å². The van der Waals surface area contributed by atoms with Gasteiger partial charge in [-0.15, -0.1) is 0 Å². The van der Waals surface area contributed by atoms with Gasteiger partial charge in [-0.25, -0.2) is 9.69 Å². The summed E-state index contributed by atoms with van der Waals surface area (Å²) in [6, 6.07) is 15.4. The minimum atomic E-state index is -0.834. The predicted molar refractivity (Wildman–Crippen MR) is 143 cm³/mol. The first-order chi connectivity index (χ1) is 16.6. The first kappa shape index (κ1) is 25.2. The summed E-state index contributed by atoms with van der Waals surface area (Å²) in [7, 11) is 0. The fourth-order valence-corrected chi connectivity index (χ4v) is 5.16. The molecule has 0 aliphatic carbocycles. The molecule has 3 aromatic carbocycles. The lowest BCUT2D eigenvalue weighted by Crippen LogP contribution is -2.54. The lowest BCUT2D eigenvalue weighted by molar-refractivity contribution is -0.122. The number of aryl methyl sites for hydroxylation is 2. The molecule has 0 bridgehead atoms. The third-order valence-electron chi connectivity index (χ3n) is 5.31. The Kier molecular flexibility index (Phi) is 7.44. The Bertz CT molecular complexity index is 1380. The van der Waals surface area contributed by atoms with E-state index in [2.05, 4.69) is 37.2 Å². The van der Waals surface area contributed by atoms with Crippen molar-refractivity contribution >= 4 is 73.1 Å². The molecule has 35 heavy (non-hydrogen) atoms. The third-order valence-corrected chi connectivity index (χ3v) is 6.90. The van der Waals surface area contributed by atoms with Crippen LogP contribution < -0.4 is 15.0 Å². The summed E-state index contributed by atoms with van der Waals surface area (Å²) in [5, 5.41) is 2.62. The molecule has 0 saturated carbocycles. The molecule has 178 valence electrons. The summed E-state index contributed by atoms with van der Waals surface area (Å²) < 4.78 is 7.24. The molecular weight excluding hydrogens is 600 g/mol. The Labute approximate surface area is 224 Å². The Morgan fingerprint density at radius 3 is 2.37 bits per heavy atom. The van der Waals surface area contributed by atoms with E-state index in [0.717, 1.165) is 21.6 Å². The van der Waals surface area contributed by atoms with Crippen molar-refractivity contribution in [2.45, 2.75) is 20.5 Å². The van der Waals surface area contributed by atoms with Gasteiger partial charge in [0.1, 0.15) is 17.9 Å². The van der Waals surface area contributed by atoms with Crippen LogP contribution in [0.15, 0.2) is 69.1 Å². The van der Waals surface area contributed by atoms with E-state index >= 15 is 0 Å². The number of anilines is 1. The Morgan fingerprint density at radius 1 is 1.00 bits per heavy atom. The summed E-state index contributed by atoms with van der Waals surface area (Å²) in [5.74, 6) is -0.939. The van der Waals surface area contributed by atoms with Crippen LogP contribution in [0.1, 0.15) is 22.3 Å². The van der Waals surface area contributed by atoms with Crippen molar-refractivity contribution in [3.63, 3.8) is 0 Å². The van der Waals surface area contributed by atoms with Crippen LogP contribution >= 0.6 is 43.5 Å². The largest absolute Gasteiger partial charge is 0.487 e. The topological polar surface area (TPSA) is 75.7 Å². The lowest BCUT2D eigenvalue weighted by atomic mass is 10.1. The minimum Gasteiger partial charge on any atom is -0.487 e. The van der Waals surface area contributed by atoms with Crippen LogP contribution in [-0.4, -0.2) is 17.8 Å². The highest BCUT2D eigenvalue weighted by molar-refractivity contribution is 9.11. The molecule has 0 unspecified atom stereocenters. The van der Waals surface area contributed by atoms with Gasteiger partial charge in [0.05, 0.1) is 14.6 Å². The van der Waals surface area contributed by atoms with Crippen LogP contribution in [-0.2, 0) is 16.2 Å². The smallest absolute Gasteiger partial charge is 0.335 e. The molecule has 1 aliphatic heterocycles. The second-order valence-corrected chi connectivity index (χ2v) is 10.1. The van der Waals surface area contributed by atoms with Crippen LogP contribution in [0.2, 0.25) is 5.02 Å². The van der Waals surface area contributed by atoms with Gasteiger partial charge in [0.15, 0.2) is 0 Å². The summed E-state index contributed by atoms with van der Waals surface area (Å²) in [6.45, 7) is 4.20. The highest BCUT2D eigenvalue weighted by Crippen LogP contribution is 2.36. The molecule has 1 heterocycles. The fourth-order valence-electron chi connectivity index (χ4n) is 3.54. The van der Waals surface area contributed by atoms with Gasteiger partial charge in [-0.05, 0) is 92.7 Å². The number of benzene rings is 3. The second kappa shape index (κ2) is 10.4. The lowest BCUT2D eigenvalue weighted by Gasteiger charge is -2.26. The number of barbiturate groups is 1. The van der Waals surface area contributed by atoms with Crippen LogP contribution in [0, 0.1) is 13.8 Å². The zero-order chi connectivity index (χ0) is 25.3. The number of carbonyl (C=O) groups is 3. The highest BCUT2D eigenvalue weighted by atomic mass is 79.9. The molecule has 1 saturated heterocycles. The first-order valence-electron chi connectivity index (χ1n) is 10.5. The number of imide groups is 2. The summed E-state index contributed by atoms with van der Waals surface area (Å²) in [4.78, 5) is 39.0. The Morgan fingerprint density at radius 2 is 1.71 bits per heavy atom. The van der Waals surface area contributed by atoms with Crippen LogP contribution in [0.5, 0.6) is 5.75 Å². The maximum atomic E-state index is 13.2. The zero-order valence-corrected chi connectivity index (χ0v) is 22.6. The standard InChI is InChI=1S/C26H19Br2ClN2O4/c1-14-4-3-5-16(8-14)13-35-23-20(27)10-17(11-21(23)28)9-19-24(32)30-26(34)31(25(19)33)18-7-6-15(2)22(29)12-18/h3-12H,13H2,1-2H3,(H,30,32,34)/b19-9-. The molecule has 4 rings (SSSR count). The SMILES string of the molecule is Cc1cccc(COc2c(Br)cc(/C=C3/C(=O)NC(=O)N(c4ccc(C)c(Cl)c4)C3=O)cc2Br)c1. The van der Waals surface area contributed by atoms with E-state index in [1.807, 2.05) is 38.1 Å². The Balaban J connectivity index is 1.62. The number of carbonyl (C=O) groups excluding carboxylic acids is 3. The highest BCUT2D eigenvalue weighted by Gasteiger charge is 2.37. The van der Waals surface area contributed by atoms with E-state index in [-0.39, 0.29) is 11.3 Å². The molecule has 0 aromatic heterocycles. The van der Waals surface area contributed by atoms with Crippen molar-refractivity contribution < 1.29 is 19.1 Å². The molecule has 4 amide bonds. The van der Waals surface area contributed by atoms with E-state index in [1.165, 1.54) is 12.1 Å². The van der Waals surface area contributed by atoms with E-state index in [1.54, 1.807) is 24.3 Å². The van der Waals surface area contributed by atoms with Crippen molar-refractivity contribution in [3.05, 3.63) is 96.4 Å². The van der Waals surface area contributed by atoms with Gasteiger partial charge in [-0.3, -0.25) is 14.9 Å². The van der Waals surface area contributed by atoms with Crippen LogP contribution in [0.3, 0.4) is 0 Å². The summed E-state index contributed by atoms with van der Waals surface area (Å²) in [5.41, 5.74) is 3.60. The quantitative estimate of drug-likeness (QED) is 0.254. The number of urea groups is 1. The van der Waals surface area contributed by atoms with Crippen LogP contribution in [0.4, 0.5) is 10.5 Å². The number of hydrogen-bond donors (Lipinski definition) is 1. The molecule has 3 aromatic rings. The van der Waals surface area contributed by atoms with Crippen LogP contribution in [0.25, 0.3) is 6.08 Å². The van der Waals surface area contributed by atoms with E-state index < -0.39 is 17.8 Å². The van der Waals surface area contributed by atoms with E-state index in [9.17, 15) is 14.4 Å². The van der Waals surface area contributed by atoms with E-state index in [4.69, 9.17) is 16.3 Å². The first-order valence-corrected chi connectivity index (χ1v) is 12.5. The maximum Gasteiger partial charge on any atom is 0.335 e. The average Bonchev–Trinajstić information content (AvgIpc) is 2.78. The fraction of sp³-hybridized carbons (Fsp3) is 0.115. The maximum absolute atomic E-state index is 13.2. The molecule has 9 heteroatoms. The number of hydrogen-bond acceptors (Lipinski definition) is 4. The number of halogens is 3.